The largest absolute Gasteiger partial charge is 0.480 e. The molecule has 2 aromatic carbocycles. The number of fused-ring (bicyclic) bond motifs is 1. The first kappa shape index (κ1) is 16.8. The normalized spacial score (nSPS) is 12.1. The van der Waals surface area contributed by atoms with Gasteiger partial charge in [-0.15, -0.1) is 0 Å². The molecule has 25 heavy (non-hydrogen) atoms. The van der Waals surface area contributed by atoms with Gasteiger partial charge in [0.1, 0.15) is 11.6 Å². The molecule has 3 rings (SSSR count). The average molecular weight is 337 g/mol. The second-order valence-corrected chi connectivity index (χ2v) is 5.95. The van der Waals surface area contributed by atoms with E-state index in [1.54, 1.807) is 19.1 Å². The molecule has 1 aromatic heterocycles. The summed E-state index contributed by atoms with van der Waals surface area (Å²) in [4.78, 5) is 23.2. The van der Waals surface area contributed by atoms with Crippen molar-refractivity contribution in [3.63, 3.8) is 0 Å². The van der Waals surface area contributed by atoms with E-state index in [9.17, 15) is 14.7 Å². The number of aliphatic carboxylic acids is 1. The molecule has 0 spiro atoms. The minimum atomic E-state index is -0.919. The van der Waals surface area contributed by atoms with Crippen LogP contribution >= 0.6 is 0 Å². The van der Waals surface area contributed by atoms with E-state index in [2.05, 4.69) is 5.32 Å². The zero-order chi connectivity index (χ0) is 18.0. The Morgan fingerprint density at radius 2 is 1.92 bits per heavy atom. The summed E-state index contributed by atoms with van der Waals surface area (Å²) in [5.41, 5.74) is 3.43. The molecule has 3 aromatic rings. The first-order chi connectivity index (χ1) is 12.0. The minimum absolute atomic E-state index is 0.427. The highest BCUT2D eigenvalue weighted by Gasteiger charge is 2.15. The van der Waals surface area contributed by atoms with Gasteiger partial charge in [0.25, 0.3) is 0 Å². The molecule has 0 aliphatic rings. The smallest absolute Gasteiger partial charge is 0.336 e. The number of rotatable bonds is 5. The third-order valence-corrected chi connectivity index (χ3v) is 4.23. The molecule has 0 radical (unpaired) electrons. The second-order valence-electron chi connectivity index (χ2n) is 5.95. The molecule has 128 valence electrons. The van der Waals surface area contributed by atoms with Crippen molar-refractivity contribution in [3.8, 4) is 11.1 Å². The summed E-state index contributed by atoms with van der Waals surface area (Å²) in [6, 6.07) is 13.9. The Morgan fingerprint density at radius 3 is 2.60 bits per heavy atom. The van der Waals surface area contributed by atoms with Crippen LogP contribution in [0.3, 0.4) is 0 Å². The number of carboxylic acids is 1. The van der Waals surface area contributed by atoms with Gasteiger partial charge in [-0.3, -0.25) is 0 Å². The van der Waals surface area contributed by atoms with Crippen LogP contribution in [0.1, 0.15) is 18.9 Å². The minimum Gasteiger partial charge on any atom is -0.480 e. The lowest BCUT2D eigenvalue weighted by atomic mass is 9.98. The van der Waals surface area contributed by atoms with Crippen molar-refractivity contribution in [2.24, 2.45) is 0 Å². The standard InChI is InChI=1S/C20H19NO4/c1-3-17(20(23)24)21-13-8-9-15-16(11-19(22)25-18(15)10-13)14-7-5-4-6-12(14)2/h4-11,17,21H,3H2,1-2H3,(H,23,24)/t17-/m0/s1. The summed E-state index contributed by atoms with van der Waals surface area (Å²) >= 11 is 0. The molecule has 0 saturated heterocycles. The summed E-state index contributed by atoms with van der Waals surface area (Å²) in [6.45, 7) is 3.79. The van der Waals surface area contributed by atoms with Crippen molar-refractivity contribution < 1.29 is 14.3 Å². The lowest BCUT2D eigenvalue weighted by Gasteiger charge is -2.14. The van der Waals surface area contributed by atoms with Gasteiger partial charge in [-0.1, -0.05) is 31.2 Å². The number of nitrogens with one attached hydrogen (secondary N) is 1. The quantitative estimate of drug-likeness (QED) is 0.687. The molecule has 0 unspecified atom stereocenters. The number of benzene rings is 2. The third-order valence-electron chi connectivity index (χ3n) is 4.23. The fraction of sp³-hybridized carbons (Fsp3) is 0.200. The Labute approximate surface area is 144 Å². The van der Waals surface area contributed by atoms with Crippen LogP contribution in [0.25, 0.3) is 22.1 Å². The molecule has 0 amide bonds. The van der Waals surface area contributed by atoms with Gasteiger partial charge in [-0.25, -0.2) is 9.59 Å². The van der Waals surface area contributed by atoms with E-state index in [0.717, 1.165) is 22.1 Å². The highest BCUT2D eigenvalue weighted by Crippen LogP contribution is 2.31. The third kappa shape index (κ3) is 3.40. The van der Waals surface area contributed by atoms with Gasteiger partial charge >= 0.3 is 11.6 Å². The average Bonchev–Trinajstić information content (AvgIpc) is 2.58. The number of aryl methyl sites for hydroxylation is 1. The Bertz CT molecular complexity index is 990. The van der Waals surface area contributed by atoms with Gasteiger partial charge in [-0.2, -0.15) is 0 Å². The van der Waals surface area contributed by atoms with Crippen LogP contribution in [0, 0.1) is 6.92 Å². The second kappa shape index (κ2) is 6.81. The lowest BCUT2D eigenvalue weighted by molar-refractivity contribution is -0.137. The van der Waals surface area contributed by atoms with Crippen molar-refractivity contribution in [1.29, 1.82) is 0 Å². The monoisotopic (exact) mass is 337 g/mol. The van der Waals surface area contributed by atoms with Crippen LogP contribution in [0.2, 0.25) is 0 Å². The number of anilines is 1. The Morgan fingerprint density at radius 1 is 1.16 bits per heavy atom. The van der Waals surface area contributed by atoms with E-state index in [0.29, 0.717) is 17.7 Å². The summed E-state index contributed by atoms with van der Waals surface area (Å²) in [5.74, 6) is -0.919. The first-order valence-electron chi connectivity index (χ1n) is 8.13. The van der Waals surface area contributed by atoms with Crippen LogP contribution in [-0.4, -0.2) is 17.1 Å². The Kier molecular flexibility index (Phi) is 4.57. The van der Waals surface area contributed by atoms with Gasteiger partial charge in [0.2, 0.25) is 0 Å². The Balaban J connectivity index is 2.12. The van der Waals surface area contributed by atoms with Crippen molar-refractivity contribution in [3.05, 3.63) is 64.5 Å². The maximum Gasteiger partial charge on any atom is 0.336 e. The van der Waals surface area contributed by atoms with Crippen LogP contribution < -0.4 is 10.9 Å². The van der Waals surface area contributed by atoms with Gasteiger partial charge in [0.05, 0.1) is 0 Å². The molecular weight excluding hydrogens is 318 g/mol. The SMILES string of the molecule is CC[C@H](Nc1ccc2c(-c3ccccc3C)cc(=O)oc2c1)C(=O)O. The van der Waals surface area contributed by atoms with Crippen LogP contribution in [0.5, 0.6) is 0 Å². The van der Waals surface area contributed by atoms with Crippen LogP contribution in [0.4, 0.5) is 5.69 Å². The summed E-state index contributed by atoms with van der Waals surface area (Å²) in [6.07, 6.45) is 0.445. The molecule has 1 heterocycles. The molecular formula is C20H19NO4. The summed E-state index contributed by atoms with van der Waals surface area (Å²) < 4.78 is 5.34. The molecule has 0 bridgehead atoms. The van der Waals surface area contributed by atoms with Crippen molar-refractivity contribution in [1.82, 2.24) is 0 Å². The van der Waals surface area contributed by atoms with Gasteiger partial charge in [0, 0.05) is 28.8 Å². The molecule has 0 aliphatic heterocycles. The van der Waals surface area contributed by atoms with Crippen LogP contribution in [0.15, 0.2) is 57.7 Å². The number of hydrogen-bond donors (Lipinski definition) is 2. The van der Waals surface area contributed by atoms with E-state index in [1.165, 1.54) is 6.07 Å². The summed E-state index contributed by atoms with van der Waals surface area (Å²) in [5, 5.41) is 12.9. The number of carbonyl (C=O) groups is 1. The molecule has 2 N–H and O–H groups in total. The number of carboxylic acid groups (broad SMARTS) is 1. The molecule has 5 heteroatoms. The van der Waals surface area contributed by atoms with Gasteiger partial charge in [-0.05, 0) is 36.6 Å². The van der Waals surface area contributed by atoms with Crippen molar-refractivity contribution >= 4 is 22.6 Å². The molecule has 1 atom stereocenters. The number of hydrogen-bond acceptors (Lipinski definition) is 4. The zero-order valence-electron chi connectivity index (χ0n) is 14.1. The summed E-state index contributed by atoms with van der Waals surface area (Å²) in [7, 11) is 0. The van der Waals surface area contributed by atoms with E-state index >= 15 is 0 Å². The molecule has 0 aliphatic carbocycles. The lowest BCUT2D eigenvalue weighted by Crippen LogP contribution is -2.28. The predicted molar refractivity (Wildman–Crippen MR) is 98.0 cm³/mol. The van der Waals surface area contributed by atoms with Crippen molar-refractivity contribution in [2.75, 3.05) is 5.32 Å². The van der Waals surface area contributed by atoms with E-state index in [1.807, 2.05) is 37.3 Å². The first-order valence-corrected chi connectivity index (χ1v) is 8.13. The zero-order valence-corrected chi connectivity index (χ0v) is 14.1. The predicted octanol–water partition coefficient (Wildman–Crippen LogP) is 4.04. The van der Waals surface area contributed by atoms with E-state index in [4.69, 9.17) is 4.42 Å². The fourth-order valence-corrected chi connectivity index (χ4v) is 2.89. The Hall–Kier alpha value is -3.08. The fourth-order valence-electron chi connectivity index (χ4n) is 2.89. The molecule has 0 fully saturated rings. The van der Waals surface area contributed by atoms with E-state index in [-0.39, 0.29) is 0 Å². The van der Waals surface area contributed by atoms with Gasteiger partial charge < -0.3 is 14.8 Å². The highest BCUT2D eigenvalue weighted by molar-refractivity contribution is 5.95. The maximum atomic E-state index is 12.0. The van der Waals surface area contributed by atoms with Crippen LogP contribution in [-0.2, 0) is 4.79 Å². The maximum absolute atomic E-state index is 12.0. The molecule has 0 saturated carbocycles. The molecule has 5 nitrogen and oxygen atoms in total. The van der Waals surface area contributed by atoms with E-state index < -0.39 is 17.6 Å². The van der Waals surface area contributed by atoms with Crippen molar-refractivity contribution in [2.45, 2.75) is 26.3 Å². The topological polar surface area (TPSA) is 79.5 Å². The highest BCUT2D eigenvalue weighted by atomic mass is 16.4. The van der Waals surface area contributed by atoms with Gasteiger partial charge in [0.15, 0.2) is 0 Å².